The number of thiazole rings is 1. The summed E-state index contributed by atoms with van der Waals surface area (Å²) in [4.78, 5) is 35.1. The van der Waals surface area contributed by atoms with Crippen molar-refractivity contribution in [2.24, 2.45) is 4.99 Å². The minimum atomic E-state index is -0.582. The number of hydrogen-bond donors (Lipinski definition) is 1. The van der Waals surface area contributed by atoms with E-state index in [-0.39, 0.29) is 18.2 Å². The average Bonchev–Trinajstić information content (AvgIpc) is 3.23. The summed E-state index contributed by atoms with van der Waals surface area (Å²) in [5.41, 5.74) is 0.407. The van der Waals surface area contributed by atoms with Crippen LogP contribution in [0.3, 0.4) is 0 Å². The van der Waals surface area contributed by atoms with Gasteiger partial charge in [0.1, 0.15) is 5.25 Å². The van der Waals surface area contributed by atoms with E-state index in [0.717, 1.165) is 0 Å². The van der Waals surface area contributed by atoms with Gasteiger partial charge in [-0.1, -0.05) is 41.0 Å². The third-order valence-electron chi connectivity index (χ3n) is 3.52. The Morgan fingerprint density at radius 3 is 2.96 bits per heavy atom. The number of aliphatic imine (C=N–C) groups is 1. The first-order chi connectivity index (χ1) is 13.0. The Hall–Kier alpha value is -1.87. The maximum atomic E-state index is 12.7. The van der Waals surface area contributed by atoms with Gasteiger partial charge in [0.2, 0.25) is 16.9 Å². The highest BCUT2D eigenvalue weighted by Crippen LogP contribution is 2.33. The highest BCUT2D eigenvalue weighted by atomic mass is 35.5. The van der Waals surface area contributed by atoms with Crippen LogP contribution in [0.25, 0.3) is 0 Å². The summed E-state index contributed by atoms with van der Waals surface area (Å²) in [6.07, 6.45) is 3.24. The fourth-order valence-corrected chi connectivity index (χ4v) is 4.39. The Labute approximate surface area is 174 Å². The minimum absolute atomic E-state index is 0.0170. The van der Waals surface area contributed by atoms with E-state index in [0.29, 0.717) is 32.6 Å². The molecule has 0 bridgehead atoms. The van der Waals surface area contributed by atoms with Crippen molar-refractivity contribution in [3.8, 4) is 0 Å². The molecule has 1 N–H and O–H groups in total. The van der Waals surface area contributed by atoms with E-state index in [9.17, 15) is 9.59 Å². The van der Waals surface area contributed by atoms with Crippen LogP contribution in [0.4, 0.5) is 10.8 Å². The van der Waals surface area contributed by atoms with Crippen molar-refractivity contribution >= 4 is 74.1 Å². The molecule has 140 valence electrons. The van der Waals surface area contributed by atoms with Gasteiger partial charge in [-0.15, -0.1) is 17.9 Å². The average molecular weight is 441 g/mol. The molecule has 10 heteroatoms. The van der Waals surface area contributed by atoms with Gasteiger partial charge in [-0.25, -0.2) is 4.98 Å². The molecule has 1 atom stereocenters. The van der Waals surface area contributed by atoms with E-state index < -0.39 is 5.25 Å². The van der Waals surface area contributed by atoms with Crippen molar-refractivity contribution < 1.29 is 9.59 Å². The van der Waals surface area contributed by atoms with Crippen molar-refractivity contribution in [2.75, 3.05) is 11.9 Å². The van der Waals surface area contributed by atoms with Crippen LogP contribution in [0, 0.1) is 0 Å². The number of nitrogens with one attached hydrogen (secondary N) is 1. The van der Waals surface area contributed by atoms with Crippen LogP contribution in [0.2, 0.25) is 10.0 Å². The molecule has 0 saturated carbocycles. The van der Waals surface area contributed by atoms with Crippen LogP contribution in [0.15, 0.2) is 47.4 Å². The minimum Gasteiger partial charge on any atom is -0.325 e. The SMILES string of the molecule is C=CCN1C(=O)C(CC(=O)Nc2cc(Cl)ccc2Cl)SC1=Nc1nccs1. The molecular weight excluding hydrogens is 427 g/mol. The first-order valence-corrected chi connectivity index (χ1v) is 10.3. The van der Waals surface area contributed by atoms with E-state index in [1.165, 1.54) is 28.0 Å². The second-order valence-corrected chi connectivity index (χ2v) is 8.32. The van der Waals surface area contributed by atoms with Crippen LogP contribution >= 0.6 is 46.3 Å². The molecule has 0 aliphatic carbocycles. The molecule has 1 aromatic heterocycles. The second-order valence-electron chi connectivity index (χ2n) is 5.43. The molecule has 27 heavy (non-hydrogen) atoms. The maximum absolute atomic E-state index is 12.7. The van der Waals surface area contributed by atoms with Crippen molar-refractivity contribution in [3.05, 3.63) is 52.5 Å². The van der Waals surface area contributed by atoms with Crippen molar-refractivity contribution in [3.63, 3.8) is 0 Å². The Kier molecular flexibility index (Phi) is 6.54. The lowest BCUT2D eigenvalue weighted by molar-refractivity contribution is -0.127. The number of aromatic nitrogens is 1. The predicted molar refractivity (Wildman–Crippen MR) is 112 cm³/mol. The van der Waals surface area contributed by atoms with Gasteiger partial charge in [0, 0.05) is 29.6 Å². The monoisotopic (exact) mass is 440 g/mol. The number of hydrogen-bond acceptors (Lipinski definition) is 6. The van der Waals surface area contributed by atoms with E-state index in [1.54, 1.807) is 35.9 Å². The fourth-order valence-electron chi connectivity index (χ4n) is 2.34. The van der Waals surface area contributed by atoms with Gasteiger partial charge in [-0.2, -0.15) is 4.99 Å². The van der Waals surface area contributed by atoms with E-state index in [1.807, 2.05) is 0 Å². The molecule has 2 aromatic rings. The third-order valence-corrected chi connectivity index (χ3v) is 5.92. The molecule has 1 saturated heterocycles. The van der Waals surface area contributed by atoms with Crippen molar-refractivity contribution in [2.45, 2.75) is 11.7 Å². The molecule has 2 amide bonds. The van der Waals surface area contributed by atoms with Gasteiger partial charge in [-0.05, 0) is 18.2 Å². The highest BCUT2D eigenvalue weighted by Gasteiger charge is 2.38. The van der Waals surface area contributed by atoms with Crippen LogP contribution in [0.1, 0.15) is 6.42 Å². The van der Waals surface area contributed by atoms with Crippen LogP contribution in [-0.4, -0.2) is 38.7 Å². The summed E-state index contributed by atoms with van der Waals surface area (Å²) in [7, 11) is 0. The van der Waals surface area contributed by atoms with Crippen LogP contribution in [0.5, 0.6) is 0 Å². The molecule has 0 radical (unpaired) electrons. The Bertz CT molecular complexity index is 902. The Morgan fingerprint density at radius 1 is 1.44 bits per heavy atom. The van der Waals surface area contributed by atoms with Gasteiger partial charge in [-0.3, -0.25) is 14.5 Å². The molecule has 1 aliphatic rings. The van der Waals surface area contributed by atoms with Gasteiger partial charge in [0.05, 0.1) is 10.7 Å². The number of anilines is 1. The molecule has 6 nitrogen and oxygen atoms in total. The lowest BCUT2D eigenvalue weighted by Gasteiger charge is -2.13. The smallest absolute Gasteiger partial charge is 0.242 e. The Morgan fingerprint density at radius 2 is 2.26 bits per heavy atom. The zero-order chi connectivity index (χ0) is 19.4. The molecule has 1 aliphatic heterocycles. The first kappa shape index (κ1) is 19.9. The number of nitrogens with zero attached hydrogens (tertiary/aromatic N) is 3. The van der Waals surface area contributed by atoms with Gasteiger partial charge in [0.25, 0.3) is 0 Å². The number of amides is 2. The molecule has 3 rings (SSSR count). The largest absolute Gasteiger partial charge is 0.325 e. The number of amidine groups is 1. The normalized spacial score (nSPS) is 18.1. The lowest BCUT2D eigenvalue weighted by atomic mass is 10.2. The number of thioether (sulfide) groups is 1. The zero-order valence-electron chi connectivity index (χ0n) is 13.9. The topological polar surface area (TPSA) is 74.7 Å². The van der Waals surface area contributed by atoms with Crippen molar-refractivity contribution in [1.29, 1.82) is 0 Å². The van der Waals surface area contributed by atoms with E-state index in [4.69, 9.17) is 23.2 Å². The summed E-state index contributed by atoms with van der Waals surface area (Å²) in [6.45, 7) is 3.99. The van der Waals surface area contributed by atoms with Crippen LogP contribution in [-0.2, 0) is 9.59 Å². The van der Waals surface area contributed by atoms with Gasteiger partial charge >= 0.3 is 0 Å². The predicted octanol–water partition coefficient (Wildman–Crippen LogP) is 4.60. The summed E-state index contributed by atoms with van der Waals surface area (Å²) >= 11 is 14.6. The first-order valence-electron chi connectivity index (χ1n) is 7.80. The number of carbonyl (C=O) groups excluding carboxylic acids is 2. The van der Waals surface area contributed by atoms with E-state index >= 15 is 0 Å². The Balaban J connectivity index is 1.72. The second kappa shape index (κ2) is 8.88. The van der Waals surface area contributed by atoms with Crippen molar-refractivity contribution in [1.82, 2.24) is 9.88 Å². The zero-order valence-corrected chi connectivity index (χ0v) is 17.0. The number of rotatable bonds is 6. The standard InChI is InChI=1S/C17H14Cl2N4O2S2/c1-2-6-23-15(25)13(27-17(23)22-16-20-5-7-26-16)9-14(24)21-12-8-10(18)3-4-11(12)19/h2-5,7-8,13H,1,6,9H2,(H,21,24). The summed E-state index contributed by atoms with van der Waals surface area (Å²) < 4.78 is 0. The van der Waals surface area contributed by atoms with E-state index in [2.05, 4.69) is 21.9 Å². The summed E-state index contributed by atoms with van der Waals surface area (Å²) in [5, 5.41) is 5.80. The fraction of sp³-hybridized carbons (Fsp3) is 0.176. The van der Waals surface area contributed by atoms with Crippen LogP contribution < -0.4 is 5.32 Å². The molecule has 1 fully saturated rings. The molecule has 2 heterocycles. The maximum Gasteiger partial charge on any atom is 0.242 e. The number of halogens is 2. The quantitative estimate of drug-likeness (QED) is 0.666. The molecule has 1 unspecified atom stereocenters. The van der Waals surface area contributed by atoms with Gasteiger partial charge in [0.15, 0.2) is 5.17 Å². The summed E-state index contributed by atoms with van der Waals surface area (Å²) in [5.74, 6) is -0.526. The third kappa shape index (κ3) is 4.90. The number of benzene rings is 1. The highest BCUT2D eigenvalue weighted by molar-refractivity contribution is 8.15. The van der Waals surface area contributed by atoms with Gasteiger partial charge < -0.3 is 5.32 Å². The molecule has 0 spiro atoms. The summed E-state index contributed by atoms with van der Waals surface area (Å²) in [6, 6.07) is 4.79. The molecular formula is C17H14Cl2N4O2S2. The molecule has 1 aromatic carbocycles. The number of carbonyl (C=O) groups is 2. The lowest BCUT2D eigenvalue weighted by Crippen LogP contribution is -2.33.